The molecule has 89 heavy (non-hydrogen) atoms. The molecule has 0 unspecified atom stereocenters. The number of hydrogen-bond acceptors (Lipinski definition) is 16. The van der Waals surface area contributed by atoms with E-state index in [0.717, 1.165) is 64.2 Å². The molecule has 0 spiro atoms. The highest BCUT2D eigenvalue weighted by Gasteiger charge is 2.37. The number of carbonyl (C=O) groups excluding carboxylic acids is 2. The molecule has 0 aliphatic rings. The predicted molar refractivity (Wildman–Crippen MR) is 322 cm³/mol. The Bertz CT molecular complexity index is 4320. The molecule has 0 fully saturated rings. The maximum absolute atomic E-state index is 13.4. The van der Waals surface area contributed by atoms with Crippen LogP contribution in [0.15, 0.2) is 154 Å². The molecule has 0 aliphatic carbocycles. The predicted octanol–water partition coefficient (Wildman–Crippen LogP) is 12.1. The highest BCUT2D eigenvalue weighted by Crippen LogP contribution is 2.38. The summed E-state index contributed by atoms with van der Waals surface area (Å²) in [5.41, 5.74) is -1.24. The van der Waals surface area contributed by atoms with E-state index in [9.17, 15) is 66.4 Å². The Balaban J connectivity index is 0.000000217. The number of carbonyl (C=O) groups is 2. The van der Waals surface area contributed by atoms with Gasteiger partial charge in [0.2, 0.25) is 24.0 Å². The zero-order chi connectivity index (χ0) is 66.1. The third-order valence-corrected chi connectivity index (χ3v) is 18.6. The number of rotatable bonds is 18. The fourth-order valence-corrected chi connectivity index (χ4v) is 12.8. The van der Waals surface area contributed by atoms with Crippen molar-refractivity contribution in [3.8, 4) is 0 Å². The van der Waals surface area contributed by atoms with Gasteiger partial charge in [-0.1, -0.05) is 53.0 Å². The van der Waals surface area contributed by atoms with Gasteiger partial charge in [0, 0.05) is 74.0 Å². The van der Waals surface area contributed by atoms with E-state index < -0.39 is 81.6 Å². The number of pyridine rings is 5. The summed E-state index contributed by atoms with van der Waals surface area (Å²) in [6.45, 7) is 5.42. The Labute approximate surface area is 530 Å². The summed E-state index contributed by atoms with van der Waals surface area (Å²) in [7, 11) is -8.78. The van der Waals surface area contributed by atoms with E-state index in [1.807, 2.05) is 13.8 Å². The number of nitrogens with one attached hydrogen (secondary N) is 2. The minimum absolute atomic E-state index is 0.0183. The molecular weight excluding hydrogens is 1370 g/mol. The molecule has 3 aromatic carbocycles. The third-order valence-electron chi connectivity index (χ3n) is 12.5. The summed E-state index contributed by atoms with van der Waals surface area (Å²) >= 11 is 21.2. The standard InChI is InChI=1S/C21H18ClF3N3O5S.C20H16ClF3N4O3S.C15H16BrClN2O3S/c1-13-3-4-16(10-17(13)21(23,24)25)34(31,32)28(12-33-2)18-9-15(22)11-26-19(18)20(29)14-5-7-27(30)8-6-14;1-11-3-4-14(9-15(11)20(22,23)24)32(30,31)28-16-8-13(21)10-27-18(16)19(29)12-5-6-26-17(7-12)25-2;1-10-4-5-13(6-11(10)2)23(20,21)19(9-22-3)14-7-12(17)8-18-15(14)16/h3-11,30H,12H2,1-2H3;3-10,28H,1-2H3,(H,25,26);4-8H,9H2,1-3H3/q+1;;. The first-order valence-electron chi connectivity index (χ1n) is 25.1. The van der Waals surface area contributed by atoms with E-state index in [4.69, 9.17) is 44.3 Å². The fourth-order valence-electron chi connectivity index (χ4n) is 7.87. The summed E-state index contributed by atoms with van der Waals surface area (Å²) in [6.07, 6.45) is -2.07. The number of ketones is 2. The van der Waals surface area contributed by atoms with E-state index >= 15 is 0 Å². The average molecular weight is 1420 g/mol. The van der Waals surface area contributed by atoms with Crippen molar-refractivity contribution in [3.05, 3.63) is 210 Å². The van der Waals surface area contributed by atoms with Crippen molar-refractivity contribution in [2.75, 3.05) is 53.4 Å². The van der Waals surface area contributed by atoms with Gasteiger partial charge in [-0.05, 0) is 133 Å². The Kier molecular flexibility index (Phi) is 22.9. The van der Waals surface area contributed by atoms with Crippen LogP contribution < -0.4 is 23.4 Å². The minimum Gasteiger partial charge on any atom is -0.373 e. The number of methoxy groups -OCH3 is 2. The molecule has 33 heteroatoms. The van der Waals surface area contributed by atoms with E-state index in [-0.39, 0.29) is 66.7 Å². The number of aromatic nitrogens is 5. The summed E-state index contributed by atoms with van der Waals surface area (Å²) in [5, 5.41) is 12.5. The molecule has 0 saturated carbocycles. The molecule has 3 N–H and O–H groups in total. The molecular formula is C56H50BrCl3F6N9O11S3+. The lowest BCUT2D eigenvalue weighted by molar-refractivity contribution is -0.904. The molecule has 8 rings (SSSR count). The van der Waals surface area contributed by atoms with Crippen molar-refractivity contribution >= 4 is 115 Å². The van der Waals surface area contributed by atoms with Crippen molar-refractivity contribution in [3.63, 3.8) is 0 Å². The molecule has 0 bridgehead atoms. The largest absolute Gasteiger partial charge is 0.416 e. The molecule has 5 aromatic heterocycles. The summed E-state index contributed by atoms with van der Waals surface area (Å²) in [6, 6.07) is 19.4. The van der Waals surface area contributed by atoms with E-state index in [1.54, 1.807) is 25.2 Å². The number of hydrogen-bond donors (Lipinski definition) is 3. The maximum Gasteiger partial charge on any atom is 0.416 e. The fraction of sp³-hybridized carbons (Fsp3) is 0.196. The second-order valence-corrected chi connectivity index (χ2v) is 26.1. The number of alkyl halides is 6. The molecule has 20 nitrogen and oxygen atoms in total. The van der Waals surface area contributed by atoms with Crippen molar-refractivity contribution in [2.24, 2.45) is 0 Å². The van der Waals surface area contributed by atoms with Crippen molar-refractivity contribution < 1.29 is 80.6 Å². The number of nitrogens with zero attached hydrogens (tertiary/aromatic N) is 7. The Hall–Kier alpha value is -7.55. The Morgan fingerprint density at radius 2 is 1.04 bits per heavy atom. The Morgan fingerprint density at radius 1 is 0.584 bits per heavy atom. The number of benzene rings is 3. The lowest BCUT2D eigenvalue weighted by Gasteiger charge is -2.25. The lowest BCUT2D eigenvalue weighted by Crippen LogP contribution is -2.35. The van der Waals surface area contributed by atoms with Crippen LogP contribution in [0.4, 0.5) is 49.2 Å². The van der Waals surface area contributed by atoms with Crippen LogP contribution in [-0.2, 0) is 51.9 Å². The van der Waals surface area contributed by atoms with Gasteiger partial charge >= 0.3 is 12.4 Å². The maximum atomic E-state index is 13.4. The number of anilines is 4. The van der Waals surface area contributed by atoms with Crippen LogP contribution in [0.1, 0.15) is 65.5 Å². The van der Waals surface area contributed by atoms with Crippen molar-refractivity contribution in [1.29, 1.82) is 0 Å². The normalized spacial score (nSPS) is 11.8. The van der Waals surface area contributed by atoms with Crippen molar-refractivity contribution in [1.82, 2.24) is 19.9 Å². The van der Waals surface area contributed by atoms with Crippen LogP contribution >= 0.6 is 50.7 Å². The number of sulfonamides is 3. The first-order valence-corrected chi connectivity index (χ1v) is 31.4. The van der Waals surface area contributed by atoms with Gasteiger partial charge < -0.3 is 14.8 Å². The topological polar surface area (TPSA) is 261 Å². The van der Waals surface area contributed by atoms with Gasteiger partial charge in [0.15, 0.2) is 0 Å². The lowest BCUT2D eigenvalue weighted by atomic mass is 10.1. The van der Waals surface area contributed by atoms with Crippen LogP contribution in [0, 0.1) is 27.7 Å². The second kappa shape index (κ2) is 28.9. The molecule has 0 saturated heterocycles. The van der Waals surface area contributed by atoms with Gasteiger partial charge in [0.1, 0.15) is 35.3 Å². The number of halogens is 10. The van der Waals surface area contributed by atoms with Crippen LogP contribution in [-0.4, -0.2) is 96.7 Å². The first-order chi connectivity index (χ1) is 41.5. The molecule has 0 amide bonds. The quantitative estimate of drug-likeness (QED) is 0.0180. The number of ether oxygens (including phenoxy) is 2. The molecule has 0 aliphatic heterocycles. The molecule has 5 heterocycles. The van der Waals surface area contributed by atoms with E-state index in [0.29, 0.717) is 42.3 Å². The summed E-state index contributed by atoms with van der Waals surface area (Å²) < 4.78 is 173. The van der Waals surface area contributed by atoms with Crippen LogP contribution in [0.3, 0.4) is 0 Å². The van der Waals surface area contributed by atoms with E-state index in [1.165, 1.54) is 83.2 Å². The highest BCUT2D eigenvalue weighted by atomic mass is 79.9. The summed E-state index contributed by atoms with van der Waals surface area (Å²) in [5.74, 6) is -0.965. The zero-order valence-corrected chi connectivity index (χ0v) is 53.6. The van der Waals surface area contributed by atoms with Gasteiger partial charge in [-0.15, -0.1) is 0 Å². The van der Waals surface area contributed by atoms with Crippen molar-refractivity contribution in [2.45, 2.75) is 54.7 Å². The zero-order valence-electron chi connectivity index (χ0n) is 47.3. The van der Waals surface area contributed by atoms with Gasteiger partial charge in [-0.25, -0.2) is 53.8 Å². The van der Waals surface area contributed by atoms with Crippen LogP contribution in [0.25, 0.3) is 0 Å². The smallest absolute Gasteiger partial charge is 0.373 e. The van der Waals surface area contributed by atoms with Gasteiger partial charge in [-0.2, -0.15) is 26.3 Å². The summed E-state index contributed by atoms with van der Waals surface area (Å²) in [4.78, 5) is 40.9. The van der Waals surface area contributed by atoms with Crippen LogP contribution in [0.2, 0.25) is 15.1 Å². The number of aryl methyl sites for hydroxylation is 4. The van der Waals surface area contributed by atoms with Gasteiger partial charge in [0.25, 0.3) is 30.1 Å². The molecule has 472 valence electrons. The molecule has 8 aromatic rings. The minimum atomic E-state index is -4.78. The molecule has 0 radical (unpaired) electrons. The third kappa shape index (κ3) is 17.2. The second-order valence-electron chi connectivity index (χ2n) is 18.7. The van der Waals surface area contributed by atoms with E-state index in [2.05, 4.69) is 45.9 Å². The molecule has 0 atom stereocenters. The van der Waals surface area contributed by atoms with Gasteiger partial charge in [-0.3, -0.25) is 19.5 Å². The highest BCUT2D eigenvalue weighted by molar-refractivity contribution is 9.10. The first kappa shape index (κ1) is 70.5. The van der Waals surface area contributed by atoms with Crippen LogP contribution in [0.5, 0.6) is 0 Å². The van der Waals surface area contributed by atoms with Gasteiger partial charge in [0.05, 0.1) is 57.9 Å². The average Bonchev–Trinajstić information content (AvgIpc) is 1.38. The monoisotopic (exact) mass is 1420 g/mol. The SMILES string of the molecule is CNc1cc(C(=O)c2ncc(Cl)cc2NS(=O)(=O)c2ccc(C)c(C(F)(F)F)c2)ccn1.COCN(c1cc(Cl)cnc1Br)S(=O)(=O)c1ccc(C)c(C)c1.COCN(c1cc(Cl)cnc1C(=O)c1cc[n+](O)cc1)S(=O)(=O)c1ccc(C)c(C(F)(F)F)c1. The Morgan fingerprint density at radius 3 is 1.57 bits per heavy atom.